The topological polar surface area (TPSA) is 66.4 Å². The predicted octanol–water partition coefficient (Wildman–Crippen LogP) is 0.347. The summed E-state index contributed by atoms with van der Waals surface area (Å²) in [6.45, 7) is 5.36. The monoisotopic (exact) mass is 181 g/mol. The SMILES string of the molecule is CC(C)(C)OCCS(=O)(=O)[O-]. The van der Waals surface area contributed by atoms with Gasteiger partial charge in [-0.2, -0.15) is 0 Å². The zero-order valence-electron chi connectivity index (χ0n) is 6.96. The molecular formula is C6H13O4S-. The molecule has 0 aromatic carbocycles. The molecule has 0 aliphatic rings. The van der Waals surface area contributed by atoms with E-state index >= 15 is 0 Å². The molecule has 0 aliphatic carbocycles. The number of hydrogen-bond acceptors (Lipinski definition) is 4. The van der Waals surface area contributed by atoms with Crippen molar-refractivity contribution in [1.82, 2.24) is 0 Å². The van der Waals surface area contributed by atoms with Crippen LogP contribution in [0.5, 0.6) is 0 Å². The minimum absolute atomic E-state index is 0.0324. The Morgan fingerprint density at radius 2 is 1.82 bits per heavy atom. The van der Waals surface area contributed by atoms with Gasteiger partial charge in [0.25, 0.3) is 0 Å². The first kappa shape index (κ1) is 10.9. The lowest BCUT2D eigenvalue weighted by atomic mass is 10.2. The van der Waals surface area contributed by atoms with E-state index in [-0.39, 0.29) is 12.2 Å². The van der Waals surface area contributed by atoms with Gasteiger partial charge in [0.2, 0.25) is 0 Å². The van der Waals surface area contributed by atoms with E-state index in [1.54, 1.807) is 20.8 Å². The maximum Gasteiger partial charge on any atom is 0.0968 e. The van der Waals surface area contributed by atoms with Gasteiger partial charge in [-0.3, -0.25) is 0 Å². The summed E-state index contributed by atoms with van der Waals surface area (Å²) in [4.78, 5) is 0. The van der Waals surface area contributed by atoms with Crippen molar-refractivity contribution in [2.75, 3.05) is 12.4 Å². The Morgan fingerprint density at radius 3 is 2.09 bits per heavy atom. The highest BCUT2D eigenvalue weighted by molar-refractivity contribution is 7.85. The second kappa shape index (κ2) is 3.51. The maximum absolute atomic E-state index is 10.1. The van der Waals surface area contributed by atoms with E-state index in [1.165, 1.54) is 0 Å². The molecule has 0 aromatic rings. The molecule has 11 heavy (non-hydrogen) atoms. The van der Waals surface area contributed by atoms with Crippen LogP contribution in [0, 0.1) is 0 Å². The molecule has 0 saturated carbocycles. The van der Waals surface area contributed by atoms with E-state index in [9.17, 15) is 13.0 Å². The van der Waals surface area contributed by atoms with Crippen LogP contribution in [-0.2, 0) is 14.9 Å². The summed E-state index contributed by atoms with van der Waals surface area (Å²) in [7, 11) is -4.12. The highest BCUT2D eigenvalue weighted by atomic mass is 32.2. The fourth-order valence-corrected chi connectivity index (χ4v) is 0.737. The summed E-state index contributed by atoms with van der Waals surface area (Å²) >= 11 is 0. The molecule has 0 fully saturated rings. The van der Waals surface area contributed by atoms with Gasteiger partial charge < -0.3 is 9.29 Å². The van der Waals surface area contributed by atoms with Crippen LogP contribution in [0.1, 0.15) is 20.8 Å². The summed E-state index contributed by atoms with van der Waals surface area (Å²) in [6, 6.07) is 0. The van der Waals surface area contributed by atoms with Crippen LogP contribution in [0.15, 0.2) is 0 Å². The summed E-state index contributed by atoms with van der Waals surface area (Å²) in [5, 5.41) is 0. The van der Waals surface area contributed by atoms with Crippen LogP contribution in [0.4, 0.5) is 0 Å². The summed E-state index contributed by atoms with van der Waals surface area (Å²) in [5.74, 6) is -0.454. The van der Waals surface area contributed by atoms with Gasteiger partial charge in [-0.15, -0.1) is 0 Å². The van der Waals surface area contributed by atoms with Crippen LogP contribution in [-0.4, -0.2) is 30.9 Å². The lowest BCUT2D eigenvalue weighted by Crippen LogP contribution is -2.23. The van der Waals surface area contributed by atoms with Crippen LogP contribution < -0.4 is 0 Å². The van der Waals surface area contributed by atoms with E-state index in [4.69, 9.17) is 4.74 Å². The van der Waals surface area contributed by atoms with Crippen molar-refractivity contribution in [1.29, 1.82) is 0 Å². The zero-order valence-corrected chi connectivity index (χ0v) is 7.77. The van der Waals surface area contributed by atoms with Crippen molar-refractivity contribution in [3.8, 4) is 0 Å². The van der Waals surface area contributed by atoms with Crippen molar-refractivity contribution < 1.29 is 17.7 Å². The third kappa shape index (κ3) is 9.87. The second-order valence-electron chi connectivity index (χ2n) is 3.22. The van der Waals surface area contributed by atoms with Gasteiger partial charge in [-0.1, -0.05) is 0 Å². The predicted molar refractivity (Wildman–Crippen MR) is 40.3 cm³/mol. The molecular weight excluding hydrogens is 168 g/mol. The van der Waals surface area contributed by atoms with Crippen molar-refractivity contribution in [3.05, 3.63) is 0 Å². The third-order valence-corrected chi connectivity index (χ3v) is 1.54. The van der Waals surface area contributed by atoms with Gasteiger partial charge >= 0.3 is 0 Å². The molecule has 0 aromatic heterocycles. The van der Waals surface area contributed by atoms with Gasteiger partial charge in [0.15, 0.2) is 0 Å². The molecule has 0 atom stereocenters. The molecule has 0 heterocycles. The fraction of sp³-hybridized carbons (Fsp3) is 1.00. The Balaban J connectivity index is 3.61. The molecule has 0 N–H and O–H groups in total. The molecule has 0 spiro atoms. The summed E-state index contributed by atoms with van der Waals surface area (Å²) in [6.07, 6.45) is 0. The average Bonchev–Trinajstić information content (AvgIpc) is 1.55. The van der Waals surface area contributed by atoms with Gasteiger partial charge in [-0.25, -0.2) is 8.42 Å². The molecule has 0 aliphatic heterocycles. The fourth-order valence-electron chi connectivity index (χ4n) is 0.450. The molecule has 0 saturated heterocycles. The van der Waals surface area contributed by atoms with Crippen LogP contribution in [0.3, 0.4) is 0 Å². The maximum atomic E-state index is 10.1. The normalized spacial score (nSPS) is 13.5. The number of ether oxygens (including phenoxy) is 1. The van der Waals surface area contributed by atoms with E-state index < -0.39 is 15.9 Å². The number of hydrogen-bond donors (Lipinski definition) is 0. The van der Waals surface area contributed by atoms with Crippen LogP contribution in [0.25, 0.3) is 0 Å². The highest BCUT2D eigenvalue weighted by Gasteiger charge is 2.09. The van der Waals surface area contributed by atoms with Crippen molar-refractivity contribution in [2.24, 2.45) is 0 Å². The van der Waals surface area contributed by atoms with E-state index in [2.05, 4.69) is 0 Å². The highest BCUT2D eigenvalue weighted by Crippen LogP contribution is 2.05. The lowest BCUT2D eigenvalue weighted by Gasteiger charge is -2.19. The Hall–Kier alpha value is -0.130. The first-order chi connectivity index (χ1) is 4.71. The third-order valence-electron chi connectivity index (χ3n) is 0.868. The summed E-state index contributed by atoms with van der Waals surface area (Å²) in [5.41, 5.74) is -0.384. The molecule has 0 radical (unpaired) electrons. The Morgan fingerprint density at radius 1 is 1.36 bits per heavy atom. The Bertz CT molecular complexity index is 199. The Kier molecular flexibility index (Phi) is 3.47. The van der Waals surface area contributed by atoms with E-state index in [0.717, 1.165) is 0 Å². The van der Waals surface area contributed by atoms with Gasteiger partial charge in [-0.05, 0) is 20.8 Å². The quantitative estimate of drug-likeness (QED) is 0.589. The van der Waals surface area contributed by atoms with E-state index in [0.29, 0.717) is 0 Å². The number of rotatable bonds is 3. The first-order valence-electron chi connectivity index (χ1n) is 3.28. The lowest BCUT2D eigenvalue weighted by molar-refractivity contribution is 0.00601. The Labute approximate surface area is 67.3 Å². The van der Waals surface area contributed by atoms with E-state index in [1.807, 2.05) is 0 Å². The standard InChI is InChI=1S/C6H14O4S/c1-6(2,3)10-4-5-11(7,8)9/h4-5H2,1-3H3,(H,7,8,9)/p-1. The largest absolute Gasteiger partial charge is 0.748 e. The van der Waals surface area contributed by atoms with Gasteiger partial charge in [0, 0.05) is 0 Å². The van der Waals surface area contributed by atoms with Gasteiger partial charge in [0.05, 0.1) is 28.1 Å². The molecule has 68 valence electrons. The van der Waals surface area contributed by atoms with Gasteiger partial charge in [0.1, 0.15) is 0 Å². The second-order valence-corrected chi connectivity index (χ2v) is 4.75. The van der Waals surface area contributed by atoms with Crippen LogP contribution in [0.2, 0.25) is 0 Å². The molecule has 0 unspecified atom stereocenters. The molecule has 0 bridgehead atoms. The average molecular weight is 181 g/mol. The minimum Gasteiger partial charge on any atom is -0.748 e. The smallest absolute Gasteiger partial charge is 0.0968 e. The van der Waals surface area contributed by atoms with Crippen molar-refractivity contribution in [2.45, 2.75) is 26.4 Å². The molecule has 4 nitrogen and oxygen atoms in total. The minimum atomic E-state index is -4.12. The van der Waals surface area contributed by atoms with Crippen molar-refractivity contribution >= 4 is 10.1 Å². The molecule has 5 heteroatoms. The summed E-state index contributed by atoms with van der Waals surface area (Å²) < 4.78 is 35.3. The van der Waals surface area contributed by atoms with Crippen LogP contribution >= 0.6 is 0 Å². The zero-order chi connectivity index (χ0) is 9.12. The van der Waals surface area contributed by atoms with Crippen molar-refractivity contribution in [3.63, 3.8) is 0 Å². The molecule has 0 amide bonds. The first-order valence-corrected chi connectivity index (χ1v) is 4.86. The molecule has 0 rings (SSSR count).